The summed E-state index contributed by atoms with van der Waals surface area (Å²) in [4.78, 5) is 13.9. The van der Waals surface area contributed by atoms with E-state index in [0.717, 1.165) is 5.69 Å². The summed E-state index contributed by atoms with van der Waals surface area (Å²) in [5.41, 5.74) is 4.31. The second-order valence-corrected chi connectivity index (χ2v) is 5.28. The molecule has 1 amide bonds. The Kier molecular flexibility index (Phi) is 5.01. The molecule has 0 unspecified atom stereocenters. The first kappa shape index (κ1) is 15.9. The van der Waals surface area contributed by atoms with Crippen molar-refractivity contribution in [3.05, 3.63) is 58.6 Å². The van der Waals surface area contributed by atoms with Gasteiger partial charge >= 0.3 is 0 Å². The van der Waals surface area contributed by atoms with Crippen molar-refractivity contribution in [1.29, 1.82) is 0 Å². The molecule has 2 aromatic carbocycles. The average molecular weight is 318 g/mol. The fourth-order valence-corrected chi connectivity index (χ4v) is 1.94. The van der Waals surface area contributed by atoms with Gasteiger partial charge in [0, 0.05) is 35.9 Å². The highest BCUT2D eigenvalue weighted by molar-refractivity contribution is 6.30. The first-order valence-electron chi connectivity index (χ1n) is 6.56. The van der Waals surface area contributed by atoms with Gasteiger partial charge in [-0.3, -0.25) is 4.79 Å². The molecule has 2 rings (SSSR count). The molecule has 0 aliphatic carbocycles. The Labute approximate surface area is 133 Å². The Balaban J connectivity index is 2.06. The number of halogens is 1. The lowest BCUT2D eigenvalue weighted by Crippen LogP contribution is -2.18. The summed E-state index contributed by atoms with van der Waals surface area (Å²) >= 11 is 5.74. The largest absolute Gasteiger partial charge is 0.507 e. The third-order valence-corrected chi connectivity index (χ3v) is 3.22. The van der Waals surface area contributed by atoms with Gasteiger partial charge in [-0.2, -0.15) is 5.10 Å². The van der Waals surface area contributed by atoms with Crippen LogP contribution in [0, 0.1) is 0 Å². The van der Waals surface area contributed by atoms with E-state index in [9.17, 15) is 9.90 Å². The molecule has 0 heterocycles. The van der Waals surface area contributed by atoms with Crippen LogP contribution in [0.15, 0.2) is 47.6 Å². The van der Waals surface area contributed by atoms with E-state index < -0.39 is 0 Å². The number of amides is 1. The number of rotatable bonds is 4. The fraction of sp³-hybridized carbons (Fsp3) is 0.125. The SMILES string of the molecule is CN(C)c1cccc(C(=O)N/N=C/c2ccc(Cl)cc2O)c1. The number of hydrazone groups is 1. The molecule has 22 heavy (non-hydrogen) atoms. The Morgan fingerprint density at radius 2 is 2.05 bits per heavy atom. The van der Waals surface area contributed by atoms with Gasteiger partial charge in [-0.1, -0.05) is 17.7 Å². The first-order valence-corrected chi connectivity index (χ1v) is 6.94. The topological polar surface area (TPSA) is 64.9 Å². The van der Waals surface area contributed by atoms with Crippen molar-refractivity contribution in [3.8, 4) is 5.75 Å². The van der Waals surface area contributed by atoms with Crippen LogP contribution in [0.2, 0.25) is 5.02 Å². The normalized spacial score (nSPS) is 10.7. The predicted octanol–water partition coefficient (Wildman–Crippen LogP) is 2.88. The summed E-state index contributed by atoms with van der Waals surface area (Å²) in [6.07, 6.45) is 1.36. The van der Waals surface area contributed by atoms with Crippen molar-refractivity contribution in [2.24, 2.45) is 5.10 Å². The van der Waals surface area contributed by atoms with Crippen LogP contribution in [0.25, 0.3) is 0 Å². The number of phenols is 1. The first-order chi connectivity index (χ1) is 10.5. The summed E-state index contributed by atoms with van der Waals surface area (Å²) in [5, 5.41) is 13.9. The maximum absolute atomic E-state index is 12.0. The molecule has 2 aromatic rings. The van der Waals surface area contributed by atoms with Crippen molar-refractivity contribution >= 4 is 29.4 Å². The summed E-state index contributed by atoms with van der Waals surface area (Å²) in [7, 11) is 3.80. The van der Waals surface area contributed by atoms with E-state index in [1.807, 2.05) is 25.1 Å². The summed E-state index contributed by atoms with van der Waals surface area (Å²) in [6, 6.07) is 11.8. The van der Waals surface area contributed by atoms with Crippen LogP contribution in [-0.2, 0) is 0 Å². The van der Waals surface area contributed by atoms with Gasteiger partial charge < -0.3 is 10.0 Å². The van der Waals surface area contributed by atoms with Crippen molar-refractivity contribution in [3.63, 3.8) is 0 Å². The van der Waals surface area contributed by atoms with Gasteiger partial charge in [-0.25, -0.2) is 5.43 Å². The van der Waals surface area contributed by atoms with Gasteiger partial charge in [0.2, 0.25) is 0 Å². The van der Waals surface area contributed by atoms with E-state index in [-0.39, 0.29) is 11.7 Å². The molecule has 0 atom stereocenters. The number of anilines is 1. The number of carbonyl (C=O) groups is 1. The Morgan fingerprint density at radius 3 is 2.73 bits per heavy atom. The second kappa shape index (κ2) is 6.95. The number of nitrogens with one attached hydrogen (secondary N) is 1. The minimum Gasteiger partial charge on any atom is -0.507 e. The molecule has 0 bridgehead atoms. The number of aromatic hydroxyl groups is 1. The van der Waals surface area contributed by atoms with Crippen molar-refractivity contribution in [1.82, 2.24) is 5.43 Å². The molecule has 0 saturated heterocycles. The van der Waals surface area contributed by atoms with E-state index in [1.54, 1.807) is 30.3 Å². The quantitative estimate of drug-likeness (QED) is 0.673. The van der Waals surface area contributed by atoms with Gasteiger partial charge in [0.1, 0.15) is 5.75 Å². The number of phenolic OH excluding ortho intramolecular Hbond substituents is 1. The molecule has 0 radical (unpaired) electrons. The molecule has 5 nitrogen and oxygen atoms in total. The van der Waals surface area contributed by atoms with Crippen molar-refractivity contribution < 1.29 is 9.90 Å². The monoisotopic (exact) mass is 317 g/mol. The van der Waals surface area contributed by atoms with Crippen LogP contribution < -0.4 is 10.3 Å². The number of hydrogen-bond donors (Lipinski definition) is 2. The highest BCUT2D eigenvalue weighted by Crippen LogP contribution is 2.20. The lowest BCUT2D eigenvalue weighted by molar-refractivity contribution is 0.0955. The second-order valence-electron chi connectivity index (χ2n) is 4.85. The highest BCUT2D eigenvalue weighted by Gasteiger charge is 2.06. The molecule has 0 aromatic heterocycles. The van der Waals surface area contributed by atoms with Crippen molar-refractivity contribution in [2.45, 2.75) is 0 Å². The van der Waals surface area contributed by atoms with E-state index in [0.29, 0.717) is 16.1 Å². The Morgan fingerprint density at radius 1 is 1.27 bits per heavy atom. The molecule has 0 aliphatic heterocycles. The standard InChI is InChI=1S/C16H16ClN3O2/c1-20(2)14-5-3-4-11(8-14)16(22)19-18-10-12-6-7-13(17)9-15(12)21/h3-10,21H,1-2H3,(H,19,22)/b18-10+. The molecule has 6 heteroatoms. The third-order valence-electron chi connectivity index (χ3n) is 2.99. The average Bonchev–Trinajstić information content (AvgIpc) is 2.49. The van der Waals surface area contributed by atoms with E-state index in [2.05, 4.69) is 10.5 Å². The molecule has 2 N–H and O–H groups in total. The van der Waals surface area contributed by atoms with Crippen LogP contribution in [-0.4, -0.2) is 31.3 Å². The Bertz CT molecular complexity index is 714. The molecule has 0 saturated carbocycles. The molecule has 0 fully saturated rings. The maximum atomic E-state index is 12.0. The molecular formula is C16H16ClN3O2. The van der Waals surface area contributed by atoms with E-state index in [1.165, 1.54) is 12.3 Å². The molecule has 114 valence electrons. The molecule has 0 aliphatic rings. The lowest BCUT2D eigenvalue weighted by Gasteiger charge is -2.12. The predicted molar refractivity (Wildman–Crippen MR) is 88.9 cm³/mol. The minimum atomic E-state index is -0.326. The van der Waals surface area contributed by atoms with E-state index in [4.69, 9.17) is 11.6 Å². The summed E-state index contributed by atoms with van der Waals surface area (Å²) in [6.45, 7) is 0. The van der Waals surface area contributed by atoms with Crippen LogP contribution >= 0.6 is 11.6 Å². The number of nitrogens with zero attached hydrogens (tertiary/aromatic N) is 2. The van der Waals surface area contributed by atoms with Crippen LogP contribution in [0.4, 0.5) is 5.69 Å². The smallest absolute Gasteiger partial charge is 0.271 e. The maximum Gasteiger partial charge on any atom is 0.271 e. The molecule has 0 spiro atoms. The lowest BCUT2D eigenvalue weighted by atomic mass is 10.2. The van der Waals surface area contributed by atoms with Crippen LogP contribution in [0.5, 0.6) is 5.75 Å². The number of hydrogen-bond acceptors (Lipinski definition) is 4. The fourth-order valence-electron chi connectivity index (χ4n) is 1.78. The Hall–Kier alpha value is -2.53. The van der Waals surface area contributed by atoms with Gasteiger partial charge in [0.05, 0.1) is 6.21 Å². The number of carbonyl (C=O) groups excluding carboxylic acids is 1. The minimum absolute atomic E-state index is 0.0000964. The van der Waals surface area contributed by atoms with Crippen LogP contribution in [0.3, 0.4) is 0 Å². The zero-order valence-electron chi connectivity index (χ0n) is 12.2. The van der Waals surface area contributed by atoms with E-state index >= 15 is 0 Å². The molecular weight excluding hydrogens is 302 g/mol. The summed E-state index contributed by atoms with van der Waals surface area (Å²) in [5.74, 6) is -0.325. The zero-order valence-corrected chi connectivity index (χ0v) is 13.0. The third kappa shape index (κ3) is 3.99. The zero-order chi connectivity index (χ0) is 16.1. The van der Waals surface area contributed by atoms with Crippen molar-refractivity contribution in [2.75, 3.05) is 19.0 Å². The van der Waals surface area contributed by atoms with Gasteiger partial charge in [-0.05, 0) is 36.4 Å². The van der Waals surface area contributed by atoms with Gasteiger partial charge in [-0.15, -0.1) is 0 Å². The highest BCUT2D eigenvalue weighted by atomic mass is 35.5. The van der Waals surface area contributed by atoms with Crippen LogP contribution in [0.1, 0.15) is 15.9 Å². The summed E-state index contributed by atoms with van der Waals surface area (Å²) < 4.78 is 0. The van der Waals surface area contributed by atoms with Gasteiger partial charge in [0.15, 0.2) is 0 Å². The number of benzene rings is 2. The van der Waals surface area contributed by atoms with Gasteiger partial charge in [0.25, 0.3) is 5.91 Å².